The van der Waals surface area contributed by atoms with Gasteiger partial charge in [-0.1, -0.05) is 0 Å². The Hall–Kier alpha value is -3.73. The number of rotatable bonds is 7. The number of phenols is 1. The molecule has 0 saturated heterocycles. The summed E-state index contributed by atoms with van der Waals surface area (Å²) in [7, 11) is 1.54. The van der Waals surface area contributed by atoms with Gasteiger partial charge >= 0.3 is 16.6 Å². The zero-order valence-corrected chi connectivity index (χ0v) is 15.9. The monoisotopic (exact) mass is 418 g/mol. The van der Waals surface area contributed by atoms with E-state index in [4.69, 9.17) is 14.4 Å². The number of carboxylic acids is 1. The lowest BCUT2D eigenvalue weighted by Gasteiger charge is -2.06. The van der Waals surface area contributed by atoms with E-state index in [1.807, 2.05) is 0 Å². The minimum absolute atomic E-state index is 0.137. The minimum atomic E-state index is -1.32. The van der Waals surface area contributed by atoms with Crippen LogP contribution in [-0.2, 0) is 4.79 Å². The fourth-order valence-corrected chi connectivity index (χ4v) is 3.18. The lowest BCUT2D eigenvalue weighted by Crippen LogP contribution is -2.36. The van der Waals surface area contributed by atoms with Crippen molar-refractivity contribution in [2.45, 2.75) is 5.03 Å². The summed E-state index contributed by atoms with van der Waals surface area (Å²) in [5.41, 5.74) is -0.172. The Morgan fingerprint density at radius 1 is 1.24 bits per heavy atom. The number of aromatic hydroxyl groups is 1. The van der Waals surface area contributed by atoms with E-state index < -0.39 is 23.3 Å². The number of aromatic nitrogens is 2. The van der Waals surface area contributed by atoms with Crippen LogP contribution >= 0.6 is 11.8 Å². The van der Waals surface area contributed by atoms with Gasteiger partial charge in [-0.2, -0.15) is 0 Å². The maximum atomic E-state index is 12.2. The van der Waals surface area contributed by atoms with Gasteiger partial charge in [0.05, 0.1) is 12.9 Å². The number of anilines is 1. The van der Waals surface area contributed by atoms with Gasteiger partial charge in [-0.05, 0) is 52.0 Å². The van der Waals surface area contributed by atoms with Crippen molar-refractivity contribution in [3.05, 3.63) is 58.4 Å². The summed E-state index contributed by atoms with van der Waals surface area (Å²) >= 11 is 0.943. The van der Waals surface area contributed by atoms with E-state index in [0.29, 0.717) is 11.4 Å². The second-order valence-corrected chi connectivity index (χ2v) is 6.66. The highest BCUT2D eigenvalue weighted by Crippen LogP contribution is 2.22. The van der Waals surface area contributed by atoms with Gasteiger partial charge in [-0.3, -0.25) is 9.32 Å². The molecular weight excluding hydrogens is 402 g/mol. The first kappa shape index (κ1) is 20.0. The number of benzene rings is 2. The number of carbonyl (C=O) groups excluding carboxylic acids is 1. The van der Waals surface area contributed by atoms with Crippen LogP contribution in [0.4, 0.5) is 5.69 Å². The molecule has 0 aliphatic carbocycles. The number of methoxy groups -OCH3 is 1. The Balaban J connectivity index is 1.71. The topological polar surface area (TPSA) is 146 Å². The Kier molecular flexibility index (Phi) is 5.88. The number of amides is 1. The summed E-state index contributed by atoms with van der Waals surface area (Å²) in [6.07, 6.45) is 0. The fourth-order valence-electron chi connectivity index (χ4n) is 2.40. The van der Waals surface area contributed by atoms with Crippen LogP contribution in [0.2, 0.25) is 0 Å². The second kappa shape index (κ2) is 8.52. The first-order valence-corrected chi connectivity index (χ1v) is 9.14. The molecule has 10 nitrogen and oxygen atoms in total. The quantitative estimate of drug-likeness (QED) is 0.256. The highest BCUT2D eigenvalue weighted by atomic mass is 32.2. The fraction of sp³-hybridized carbons (Fsp3) is 0.111. The number of hydrogen-bond donors (Lipinski definition) is 4. The third-order valence-electron chi connectivity index (χ3n) is 3.79. The van der Waals surface area contributed by atoms with Gasteiger partial charge in [-0.25, -0.2) is 9.59 Å². The molecule has 0 bridgehead atoms. The van der Waals surface area contributed by atoms with Gasteiger partial charge in [0.2, 0.25) is 11.6 Å². The summed E-state index contributed by atoms with van der Waals surface area (Å²) in [5.74, 6) is -1.70. The first-order valence-electron chi connectivity index (χ1n) is 8.16. The van der Waals surface area contributed by atoms with Gasteiger partial charge in [0, 0.05) is 17.8 Å². The maximum absolute atomic E-state index is 12.2. The van der Waals surface area contributed by atoms with Crippen molar-refractivity contribution >= 4 is 29.3 Å². The Labute approximate surface area is 167 Å². The molecule has 150 valence electrons. The highest BCUT2D eigenvalue weighted by molar-refractivity contribution is 7.99. The second-order valence-electron chi connectivity index (χ2n) is 5.69. The normalized spacial score (nSPS) is 10.5. The summed E-state index contributed by atoms with van der Waals surface area (Å²) in [4.78, 5) is 35.2. The van der Waals surface area contributed by atoms with Crippen molar-refractivity contribution in [3.8, 4) is 17.2 Å². The molecule has 0 unspecified atom stereocenters. The van der Waals surface area contributed by atoms with Crippen molar-refractivity contribution in [2.24, 2.45) is 0 Å². The molecule has 11 heteroatoms. The zero-order chi connectivity index (χ0) is 21.0. The van der Waals surface area contributed by atoms with Crippen LogP contribution in [0.1, 0.15) is 10.4 Å². The van der Waals surface area contributed by atoms with Crippen molar-refractivity contribution in [1.29, 1.82) is 0 Å². The van der Waals surface area contributed by atoms with Crippen LogP contribution < -0.4 is 20.4 Å². The van der Waals surface area contributed by atoms with E-state index in [1.165, 1.54) is 23.9 Å². The molecule has 3 aromatic rings. The smallest absolute Gasteiger partial charge is 0.442 e. The molecule has 4 N–H and O–H groups in total. The van der Waals surface area contributed by atoms with Gasteiger partial charge in [0.1, 0.15) is 17.1 Å². The number of carboxylic acid groups (broad SMARTS) is 1. The number of thioether (sulfide) groups is 1. The molecule has 2 aromatic carbocycles. The lowest BCUT2D eigenvalue weighted by molar-refractivity contribution is -0.704. The number of aromatic carboxylic acids is 1. The number of aromatic amines is 1. The number of nitrogens with zero attached hydrogens (tertiary/aromatic N) is 1. The molecule has 0 aliphatic heterocycles. The predicted octanol–water partition coefficient (Wildman–Crippen LogP) is 1.39. The summed E-state index contributed by atoms with van der Waals surface area (Å²) in [6.45, 7) is 0. The van der Waals surface area contributed by atoms with E-state index in [0.717, 1.165) is 17.8 Å². The van der Waals surface area contributed by atoms with Crippen molar-refractivity contribution in [2.75, 3.05) is 18.2 Å². The van der Waals surface area contributed by atoms with Crippen molar-refractivity contribution in [1.82, 2.24) is 5.27 Å². The molecular formula is C18H16N3O7S+. The van der Waals surface area contributed by atoms with Crippen molar-refractivity contribution in [3.63, 3.8) is 0 Å². The van der Waals surface area contributed by atoms with Gasteiger partial charge in [-0.15, -0.1) is 0 Å². The predicted molar refractivity (Wildman–Crippen MR) is 102 cm³/mol. The lowest BCUT2D eigenvalue weighted by atomic mass is 10.2. The number of carbonyl (C=O) groups is 2. The molecule has 0 radical (unpaired) electrons. The molecule has 29 heavy (non-hydrogen) atoms. The minimum Gasteiger partial charge on any atom is -0.507 e. The standard InChI is InChI=1S/C18H15N3O7S/c1-27-12-5-3-11(4-6-12)21-16(18(26)28-20-21)29-9-15(23)19-10-2-7-14(22)13(8-10)17(24)25/h2-8,20H,9H2,1H3,(H2,24,25,26)/p+1. The SMILES string of the molecule is COc1ccc(-[n+]2[nH]oc(=O)c2SCC(=O)Nc2ccc(O)c(C(=O)O)c2)cc1. The average molecular weight is 418 g/mol. The van der Waals surface area contributed by atoms with E-state index in [2.05, 4.69) is 10.6 Å². The zero-order valence-electron chi connectivity index (χ0n) is 15.0. The summed E-state index contributed by atoms with van der Waals surface area (Å²) in [5, 5.41) is 23.7. The summed E-state index contributed by atoms with van der Waals surface area (Å²) in [6, 6.07) is 10.5. The molecule has 1 amide bonds. The first-order chi connectivity index (χ1) is 13.9. The van der Waals surface area contributed by atoms with Gasteiger partial charge in [0.15, 0.2) is 0 Å². The largest absolute Gasteiger partial charge is 0.507 e. The molecule has 0 aliphatic rings. The van der Waals surface area contributed by atoms with E-state index in [1.54, 1.807) is 24.3 Å². The van der Waals surface area contributed by atoms with Gasteiger partial charge < -0.3 is 20.3 Å². The summed E-state index contributed by atoms with van der Waals surface area (Å²) < 4.78 is 11.3. The van der Waals surface area contributed by atoms with E-state index >= 15 is 0 Å². The van der Waals surface area contributed by atoms with Crippen LogP contribution in [0.15, 0.2) is 56.8 Å². The molecule has 1 aromatic heterocycles. The van der Waals surface area contributed by atoms with E-state index in [-0.39, 0.29) is 22.0 Å². The molecule has 0 saturated carbocycles. The number of ether oxygens (including phenoxy) is 1. The maximum Gasteiger partial charge on any atom is 0.442 e. The number of nitrogens with one attached hydrogen (secondary N) is 2. The Morgan fingerprint density at radius 2 is 1.97 bits per heavy atom. The molecule has 0 spiro atoms. The Bertz CT molecular complexity index is 1110. The van der Waals surface area contributed by atoms with Crippen LogP contribution in [0.25, 0.3) is 5.69 Å². The third-order valence-corrected chi connectivity index (χ3v) is 4.82. The molecule has 3 rings (SSSR count). The van der Waals surface area contributed by atoms with Gasteiger partial charge in [0.25, 0.3) is 0 Å². The Morgan fingerprint density at radius 3 is 2.62 bits per heavy atom. The molecule has 1 heterocycles. The van der Waals surface area contributed by atoms with Crippen molar-refractivity contribution < 1.29 is 33.7 Å². The van der Waals surface area contributed by atoms with Crippen LogP contribution in [0.5, 0.6) is 11.5 Å². The average Bonchev–Trinajstić information content (AvgIpc) is 3.08. The molecule has 0 atom stereocenters. The van der Waals surface area contributed by atoms with Crippen LogP contribution in [0.3, 0.4) is 0 Å². The highest BCUT2D eigenvalue weighted by Gasteiger charge is 2.25. The molecule has 0 fully saturated rings. The van der Waals surface area contributed by atoms with Crippen LogP contribution in [0, 0.1) is 0 Å². The number of H-pyrrole nitrogens is 1. The van der Waals surface area contributed by atoms with E-state index in [9.17, 15) is 19.5 Å². The third kappa shape index (κ3) is 4.58. The van der Waals surface area contributed by atoms with Crippen LogP contribution in [-0.4, -0.2) is 40.2 Å². The number of hydrogen-bond acceptors (Lipinski definition) is 7.